The summed E-state index contributed by atoms with van der Waals surface area (Å²) >= 11 is 4.40. The predicted molar refractivity (Wildman–Crippen MR) is 67.8 cm³/mol. The molecule has 0 saturated carbocycles. The van der Waals surface area contributed by atoms with E-state index in [0.717, 1.165) is 0 Å². The molecule has 0 aliphatic heterocycles. The van der Waals surface area contributed by atoms with Gasteiger partial charge in [-0.1, -0.05) is 0 Å². The van der Waals surface area contributed by atoms with Crippen molar-refractivity contribution in [3.63, 3.8) is 0 Å². The Morgan fingerprint density at radius 3 is 2.33 bits per heavy atom. The summed E-state index contributed by atoms with van der Waals surface area (Å²) in [6, 6.07) is 0. The van der Waals surface area contributed by atoms with Crippen molar-refractivity contribution < 1.29 is 13.7 Å². The highest BCUT2D eigenvalue weighted by Crippen LogP contribution is 1.92. The van der Waals surface area contributed by atoms with Gasteiger partial charge in [0.1, 0.15) is 0 Å². The lowest BCUT2D eigenvalue weighted by molar-refractivity contribution is 0.0570. The van der Waals surface area contributed by atoms with Crippen LogP contribution in [0.4, 0.5) is 0 Å². The number of isothiocyanates is 1. The van der Waals surface area contributed by atoms with E-state index < -0.39 is 9.93 Å². The van der Waals surface area contributed by atoms with Gasteiger partial charge < -0.3 is 9.47 Å². The first-order valence-electron chi connectivity index (χ1n) is 4.79. The largest absolute Gasteiger partial charge is 0.378 e. The van der Waals surface area contributed by atoms with E-state index in [0.29, 0.717) is 38.7 Å². The Balaban J connectivity index is 3.12. The maximum Gasteiger partial charge on any atom is 0.0727 e. The van der Waals surface area contributed by atoms with E-state index in [1.54, 1.807) is 12.5 Å². The minimum Gasteiger partial charge on any atom is -0.378 e. The maximum absolute atomic E-state index is 11.3. The molecule has 0 N–H and O–H groups in total. The van der Waals surface area contributed by atoms with Crippen LogP contribution in [0.5, 0.6) is 0 Å². The van der Waals surface area contributed by atoms with Crippen LogP contribution in [0.25, 0.3) is 0 Å². The van der Waals surface area contributed by atoms with Gasteiger partial charge in [0.25, 0.3) is 0 Å². The van der Waals surface area contributed by atoms with Crippen LogP contribution in [0, 0.1) is 0 Å². The standard InChI is InChI=1S/C9H19NO3S2/c1-15(2,11)8-7-13-6-5-12-4-3-10-9-14/h15H,3-8H2,1-2H3. The maximum atomic E-state index is 11.3. The number of hydrogen-bond acceptors (Lipinski definition) is 5. The van der Waals surface area contributed by atoms with Gasteiger partial charge in [0.05, 0.1) is 38.1 Å². The third-order valence-corrected chi connectivity index (χ3v) is 2.95. The molecule has 90 valence electrons. The number of thiol groups is 1. The summed E-state index contributed by atoms with van der Waals surface area (Å²) in [4.78, 5) is 3.70. The molecule has 0 bridgehead atoms. The Morgan fingerprint density at radius 2 is 1.80 bits per heavy atom. The predicted octanol–water partition coefficient (Wildman–Crippen LogP) is 0.399. The number of hydrogen-bond donors (Lipinski definition) is 1. The van der Waals surface area contributed by atoms with Crippen LogP contribution < -0.4 is 0 Å². The summed E-state index contributed by atoms with van der Waals surface area (Å²) in [6.45, 7) is 2.67. The molecular formula is C9H19NO3S2. The normalized spacial score (nSPS) is 12.1. The number of thiocarbonyl (C=S) groups is 1. The molecule has 0 spiro atoms. The Bertz CT molecular complexity index is 246. The molecule has 0 fully saturated rings. The highest BCUT2D eigenvalue weighted by Gasteiger charge is 1.99. The van der Waals surface area contributed by atoms with Crippen molar-refractivity contribution in [2.24, 2.45) is 4.99 Å². The van der Waals surface area contributed by atoms with E-state index in [9.17, 15) is 4.21 Å². The molecule has 0 aromatic rings. The van der Waals surface area contributed by atoms with Crippen molar-refractivity contribution in [1.29, 1.82) is 0 Å². The fourth-order valence-corrected chi connectivity index (χ4v) is 1.42. The Hall–Kier alpha value is -0.130. The number of nitrogens with zero attached hydrogens (tertiary/aromatic N) is 1. The van der Waals surface area contributed by atoms with Gasteiger partial charge in [-0.05, 0) is 24.7 Å². The summed E-state index contributed by atoms with van der Waals surface area (Å²) in [6.07, 6.45) is 3.52. The van der Waals surface area contributed by atoms with Crippen LogP contribution >= 0.6 is 12.2 Å². The van der Waals surface area contributed by atoms with E-state index in [-0.39, 0.29) is 0 Å². The Morgan fingerprint density at radius 1 is 1.20 bits per heavy atom. The van der Waals surface area contributed by atoms with Gasteiger partial charge in [0, 0.05) is 5.75 Å². The monoisotopic (exact) mass is 253 g/mol. The van der Waals surface area contributed by atoms with Crippen LogP contribution in [0.15, 0.2) is 4.99 Å². The van der Waals surface area contributed by atoms with Crippen molar-refractivity contribution in [1.82, 2.24) is 0 Å². The number of aliphatic imine (C=N–C) groups is 1. The zero-order chi connectivity index (χ0) is 11.6. The SMILES string of the molecule is C[SH](C)(=O)CCOCCOCCN=C=S. The van der Waals surface area contributed by atoms with Gasteiger partial charge in [0.2, 0.25) is 0 Å². The molecule has 0 amide bonds. The van der Waals surface area contributed by atoms with Gasteiger partial charge in [-0.3, -0.25) is 4.21 Å². The van der Waals surface area contributed by atoms with E-state index in [1.807, 2.05) is 0 Å². The average Bonchev–Trinajstić information content (AvgIpc) is 2.14. The zero-order valence-electron chi connectivity index (χ0n) is 9.27. The fraction of sp³-hybridized carbons (Fsp3) is 0.889. The molecule has 0 unspecified atom stereocenters. The summed E-state index contributed by atoms with van der Waals surface area (Å²) in [7, 11) is -1.94. The summed E-state index contributed by atoms with van der Waals surface area (Å²) in [5.74, 6) is 0.627. The summed E-state index contributed by atoms with van der Waals surface area (Å²) in [5, 5.41) is 2.26. The van der Waals surface area contributed by atoms with Gasteiger partial charge in [0.15, 0.2) is 0 Å². The second kappa shape index (κ2) is 9.12. The molecule has 0 saturated heterocycles. The van der Waals surface area contributed by atoms with Gasteiger partial charge in [-0.25, -0.2) is 4.99 Å². The van der Waals surface area contributed by atoms with Gasteiger partial charge in [-0.2, -0.15) is 0 Å². The van der Waals surface area contributed by atoms with E-state index >= 15 is 0 Å². The molecule has 15 heavy (non-hydrogen) atoms. The lowest BCUT2D eigenvalue weighted by Crippen LogP contribution is -2.18. The van der Waals surface area contributed by atoms with Gasteiger partial charge >= 0.3 is 0 Å². The van der Waals surface area contributed by atoms with Crippen LogP contribution in [0.3, 0.4) is 0 Å². The molecule has 0 radical (unpaired) electrons. The molecule has 0 aromatic heterocycles. The van der Waals surface area contributed by atoms with Crippen LogP contribution in [-0.4, -0.2) is 60.6 Å². The quantitative estimate of drug-likeness (QED) is 0.280. The fourth-order valence-electron chi connectivity index (χ4n) is 0.762. The Labute approximate surface area is 97.5 Å². The van der Waals surface area contributed by atoms with Crippen molar-refractivity contribution in [3.8, 4) is 0 Å². The van der Waals surface area contributed by atoms with Crippen molar-refractivity contribution in [2.45, 2.75) is 0 Å². The van der Waals surface area contributed by atoms with E-state index in [2.05, 4.69) is 22.4 Å². The minimum atomic E-state index is -1.94. The first kappa shape index (κ1) is 14.9. The first-order chi connectivity index (χ1) is 7.06. The summed E-state index contributed by atoms with van der Waals surface area (Å²) < 4.78 is 21.7. The topological polar surface area (TPSA) is 47.9 Å². The smallest absolute Gasteiger partial charge is 0.0727 e. The third-order valence-electron chi connectivity index (χ3n) is 1.56. The van der Waals surface area contributed by atoms with Crippen molar-refractivity contribution in [3.05, 3.63) is 0 Å². The van der Waals surface area contributed by atoms with Gasteiger partial charge in [-0.15, -0.1) is 9.93 Å². The van der Waals surface area contributed by atoms with Crippen molar-refractivity contribution >= 4 is 27.3 Å². The Kier molecular flexibility index (Phi) is 9.04. The molecule has 4 nitrogen and oxygen atoms in total. The number of rotatable bonds is 9. The molecule has 0 atom stereocenters. The average molecular weight is 253 g/mol. The molecule has 0 aliphatic carbocycles. The second-order valence-corrected chi connectivity index (χ2v) is 7.27. The highest BCUT2D eigenvalue weighted by atomic mass is 32.2. The molecular weight excluding hydrogens is 234 g/mol. The molecule has 0 heterocycles. The molecule has 0 aromatic carbocycles. The lowest BCUT2D eigenvalue weighted by Gasteiger charge is -2.11. The van der Waals surface area contributed by atoms with Crippen LogP contribution in [0.2, 0.25) is 0 Å². The molecule has 0 aliphatic rings. The van der Waals surface area contributed by atoms with Crippen molar-refractivity contribution in [2.75, 3.05) is 51.2 Å². The van der Waals surface area contributed by atoms with Crippen LogP contribution in [-0.2, 0) is 19.4 Å². The molecule has 0 rings (SSSR count). The second-order valence-electron chi connectivity index (χ2n) is 3.50. The lowest BCUT2D eigenvalue weighted by atomic mass is 10.7. The van der Waals surface area contributed by atoms with E-state index in [1.165, 1.54) is 0 Å². The zero-order valence-corrected chi connectivity index (χ0v) is 11.0. The first-order valence-corrected chi connectivity index (χ1v) is 7.99. The summed E-state index contributed by atoms with van der Waals surface area (Å²) in [5.41, 5.74) is 0. The van der Waals surface area contributed by atoms with E-state index in [4.69, 9.17) is 9.47 Å². The minimum absolute atomic E-state index is 0.529. The third kappa shape index (κ3) is 13.9. The highest BCUT2D eigenvalue weighted by molar-refractivity contribution is 8.01. The van der Waals surface area contributed by atoms with Crippen LogP contribution in [0.1, 0.15) is 0 Å². The number of ether oxygens (including phenoxy) is 2. The molecule has 6 heteroatoms.